The normalized spacial score (nSPS) is 13.6. The van der Waals surface area contributed by atoms with Gasteiger partial charge < -0.3 is 24.7 Å². The lowest BCUT2D eigenvalue weighted by Gasteiger charge is -2.29. The van der Waals surface area contributed by atoms with Crippen LogP contribution in [0.25, 0.3) is 0 Å². The smallest absolute Gasteiger partial charge is 0.367 e. The van der Waals surface area contributed by atoms with Gasteiger partial charge in [0.1, 0.15) is 0 Å². The Morgan fingerprint density at radius 3 is 1.89 bits per heavy atom. The standard InChI is InChI=1S/C8H10Cl2O7P2/c9-6-2-1-5(7(10)3-6)4-8(11,18(12,13)14)19(15,16)17/h1-3,11H,4H2,(H2,12,13,14)(H2,15,16,17). The van der Waals surface area contributed by atoms with Gasteiger partial charge in [0.15, 0.2) is 0 Å². The minimum atomic E-state index is -5.51. The van der Waals surface area contributed by atoms with Crippen LogP contribution >= 0.6 is 38.4 Å². The number of aliphatic hydroxyl groups is 1. The zero-order chi connectivity index (χ0) is 15.1. The topological polar surface area (TPSA) is 135 Å². The monoisotopic (exact) mass is 350 g/mol. The summed E-state index contributed by atoms with van der Waals surface area (Å²) in [5.41, 5.74) is -0.0554. The van der Waals surface area contributed by atoms with Crippen molar-refractivity contribution >= 4 is 38.4 Å². The fourth-order valence-corrected chi connectivity index (χ4v) is 3.88. The second-order valence-corrected chi connectivity index (χ2v) is 8.63. The van der Waals surface area contributed by atoms with Crippen molar-refractivity contribution in [2.75, 3.05) is 0 Å². The Kier molecular flexibility index (Phi) is 4.91. The summed E-state index contributed by atoms with van der Waals surface area (Å²) in [6, 6.07) is 3.74. The Balaban J connectivity index is 3.32. The summed E-state index contributed by atoms with van der Waals surface area (Å²) in [5.74, 6) is 0. The van der Waals surface area contributed by atoms with Crippen molar-refractivity contribution in [1.29, 1.82) is 0 Å². The number of benzene rings is 1. The molecule has 0 aliphatic heterocycles. The fourth-order valence-electron chi connectivity index (χ4n) is 1.30. The quantitative estimate of drug-likeness (QED) is 0.519. The average Bonchev–Trinajstić information content (AvgIpc) is 2.18. The van der Waals surface area contributed by atoms with Gasteiger partial charge in [0.05, 0.1) is 0 Å². The van der Waals surface area contributed by atoms with Crippen LogP contribution in [0, 0.1) is 0 Å². The zero-order valence-corrected chi connectivity index (χ0v) is 12.4. The van der Waals surface area contributed by atoms with Gasteiger partial charge in [0.2, 0.25) is 0 Å². The summed E-state index contributed by atoms with van der Waals surface area (Å²) in [6.07, 6.45) is -1.02. The minimum Gasteiger partial charge on any atom is -0.367 e. The van der Waals surface area contributed by atoms with Gasteiger partial charge in [-0.2, -0.15) is 0 Å². The molecule has 0 spiro atoms. The van der Waals surface area contributed by atoms with Crippen molar-refractivity contribution in [3.05, 3.63) is 33.8 Å². The first-order valence-electron chi connectivity index (χ1n) is 4.66. The van der Waals surface area contributed by atoms with Crippen LogP contribution in [0.3, 0.4) is 0 Å². The second-order valence-electron chi connectivity index (χ2n) is 3.77. The van der Waals surface area contributed by atoms with E-state index < -0.39 is 26.7 Å². The molecule has 0 saturated carbocycles. The number of hydrogen-bond donors (Lipinski definition) is 5. The molecule has 1 aromatic rings. The molecule has 0 amide bonds. The summed E-state index contributed by atoms with van der Waals surface area (Å²) in [5, 5.41) is 6.33. The SMILES string of the molecule is O=P(O)(O)C(O)(Cc1ccc(Cl)cc1Cl)P(=O)(O)O. The first kappa shape index (κ1) is 17.1. The average molecular weight is 351 g/mol. The van der Waals surface area contributed by atoms with Gasteiger partial charge >= 0.3 is 15.2 Å². The summed E-state index contributed by atoms with van der Waals surface area (Å²) in [4.78, 5) is 35.9. The molecule has 11 heteroatoms. The molecule has 0 radical (unpaired) electrons. The molecule has 1 aromatic carbocycles. The minimum absolute atomic E-state index is 0.0554. The summed E-state index contributed by atoms with van der Waals surface area (Å²) in [6.45, 7) is 0. The van der Waals surface area contributed by atoms with Crippen LogP contribution in [-0.2, 0) is 15.6 Å². The van der Waals surface area contributed by atoms with Gasteiger partial charge in [-0.25, -0.2) is 0 Å². The predicted molar refractivity (Wildman–Crippen MR) is 69.2 cm³/mol. The highest BCUT2D eigenvalue weighted by atomic mass is 35.5. The third kappa shape index (κ3) is 3.58. The molecule has 0 aliphatic carbocycles. The highest BCUT2D eigenvalue weighted by Crippen LogP contribution is 2.68. The van der Waals surface area contributed by atoms with Crippen LogP contribution in [0.15, 0.2) is 18.2 Å². The van der Waals surface area contributed by atoms with Crippen molar-refractivity contribution in [2.24, 2.45) is 0 Å². The summed E-state index contributed by atoms with van der Waals surface area (Å²) in [7, 11) is -11.0. The lowest BCUT2D eigenvalue weighted by molar-refractivity contribution is 0.131. The van der Waals surface area contributed by atoms with E-state index in [0.717, 1.165) is 0 Å². The van der Waals surface area contributed by atoms with Crippen LogP contribution in [-0.4, -0.2) is 29.8 Å². The third-order valence-electron chi connectivity index (χ3n) is 2.38. The Morgan fingerprint density at radius 2 is 1.53 bits per heavy atom. The maximum atomic E-state index is 11.2. The lowest BCUT2D eigenvalue weighted by atomic mass is 10.1. The molecular formula is C8H10Cl2O7P2. The Hall–Kier alpha value is 0.0600. The highest BCUT2D eigenvalue weighted by molar-refractivity contribution is 7.72. The van der Waals surface area contributed by atoms with Gasteiger partial charge in [0.25, 0.3) is 5.08 Å². The van der Waals surface area contributed by atoms with E-state index >= 15 is 0 Å². The van der Waals surface area contributed by atoms with E-state index in [-0.39, 0.29) is 15.6 Å². The molecular weight excluding hydrogens is 341 g/mol. The van der Waals surface area contributed by atoms with Crippen LogP contribution in [0.2, 0.25) is 10.0 Å². The van der Waals surface area contributed by atoms with Crippen LogP contribution < -0.4 is 0 Å². The molecule has 0 saturated heterocycles. The fraction of sp³-hybridized carbons (Fsp3) is 0.250. The van der Waals surface area contributed by atoms with E-state index in [1.807, 2.05) is 0 Å². The Morgan fingerprint density at radius 1 is 1.05 bits per heavy atom. The molecule has 0 fully saturated rings. The van der Waals surface area contributed by atoms with E-state index in [1.54, 1.807) is 0 Å². The largest absolute Gasteiger partial charge is 0.369 e. The third-order valence-corrected chi connectivity index (χ3v) is 6.71. The van der Waals surface area contributed by atoms with E-state index in [9.17, 15) is 14.2 Å². The highest BCUT2D eigenvalue weighted by Gasteiger charge is 2.59. The Labute approximate surface area is 118 Å². The van der Waals surface area contributed by atoms with E-state index in [0.29, 0.717) is 0 Å². The molecule has 19 heavy (non-hydrogen) atoms. The Bertz CT molecular complexity index is 556. The molecule has 0 aromatic heterocycles. The van der Waals surface area contributed by atoms with Crippen molar-refractivity contribution in [1.82, 2.24) is 0 Å². The van der Waals surface area contributed by atoms with Crippen LogP contribution in [0.5, 0.6) is 0 Å². The number of rotatable bonds is 4. The van der Waals surface area contributed by atoms with Gasteiger partial charge in [-0.05, 0) is 17.7 Å². The zero-order valence-electron chi connectivity index (χ0n) is 9.14. The molecule has 0 heterocycles. The van der Waals surface area contributed by atoms with Crippen molar-refractivity contribution in [3.8, 4) is 0 Å². The van der Waals surface area contributed by atoms with Crippen molar-refractivity contribution in [2.45, 2.75) is 11.5 Å². The summed E-state index contributed by atoms with van der Waals surface area (Å²) < 4.78 is 22.3. The maximum Gasteiger partial charge on any atom is 0.369 e. The van der Waals surface area contributed by atoms with E-state index in [2.05, 4.69) is 0 Å². The molecule has 7 nitrogen and oxygen atoms in total. The lowest BCUT2D eigenvalue weighted by Crippen LogP contribution is -2.31. The van der Waals surface area contributed by atoms with Crippen molar-refractivity contribution < 1.29 is 33.8 Å². The maximum absolute atomic E-state index is 11.2. The molecule has 1 rings (SSSR count). The van der Waals surface area contributed by atoms with Gasteiger partial charge in [0, 0.05) is 16.5 Å². The van der Waals surface area contributed by atoms with Gasteiger partial charge in [-0.15, -0.1) is 0 Å². The van der Waals surface area contributed by atoms with E-state index in [1.165, 1.54) is 18.2 Å². The first-order valence-corrected chi connectivity index (χ1v) is 8.64. The molecule has 0 unspecified atom stereocenters. The molecule has 108 valence electrons. The van der Waals surface area contributed by atoms with Crippen LogP contribution in [0.4, 0.5) is 0 Å². The molecule has 0 bridgehead atoms. The predicted octanol–water partition coefficient (Wildman–Crippen LogP) is 1.54. The number of hydrogen-bond acceptors (Lipinski definition) is 3. The molecule has 5 N–H and O–H groups in total. The van der Waals surface area contributed by atoms with E-state index in [4.69, 9.17) is 42.8 Å². The number of halogens is 2. The first-order chi connectivity index (χ1) is 8.38. The molecule has 0 aliphatic rings. The summed E-state index contributed by atoms with van der Waals surface area (Å²) >= 11 is 11.3. The second kappa shape index (κ2) is 5.45. The molecule has 0 atom stereocenters. The van der Waals surface area contributed by atoms with Gasteiger partial charge in [-0.1, -0.05) is 29.3 Å². The van der Waals surface area contributed by atoms with Crippen molar-refractivity contribution in [3.63, 3.8) is 0 Å². The van der Waals surface area contributed by atoms with Crippen LogP contribution in [0.1, 0.15) is 5.56 Å². The van der Waals surface area contributed by atoms with Gasteiger partial charge in [-0.3, -0.25) is 9.13 Å².